The third kappa shape index (κ3) is 4.60. The average Bonchev–Trinajstić information content (AvgIpc) is 3.17. The largest absolute Gasteiger partial charge is 0.327 e. The number of likely N-dealkylation sites (tertiary alicyclic amines) is 1. The minimum absolute atomic E-state index is 0.0312. The molecule has 1 aliphatic carbocycles. The molecule has 0 radical (unpaired) electrons. The third-order valence-corrected chi connectivity index (χ3v) is 5.90. The second-order valence-electron chi connectivity index (χ2n) is 7.94. The van der Waals surface area contributed by atoms with Gasteiger partial charge in [0, 0.05) is 30.1 Å². The molecule has 4 rings (SSSR count). The van der Waals surface area contributed by atoms with Crippen LogP contribution < -0.4 is 15.5 Å². The first-order chi connectivity index (χ1) is 13.7. The quantitative estimate of drug-likeness (QED) is 0.746. The van der Waals surface area contributed by atoms with Crippen molar-refractivity contribution in [2.75, 3.05) is 30.3 Å². The molecule has 5 heteroatoms. The highest BCUT2D eigenvalue weighted by atomic mass is 16.2. The molecule has 0 bridgehead atoms. The van der Waals surface area contributed by atoms with E-state index in [1.54, 1.807) is 0 Å². The molecule has 2 amide bonds. The Kier molecular flexibility index (Phi) is 5.72. The summed E-state index contributed by atoms with van der Waals surface area (Å²) in [4.78, 5) is 26.1. The molecule has 0 aromatic heterocycles. The summed E-state index contributed by atoms with van der Waals surface area (Å²) in [6, 6.07) is 15.9. The molecule has 2 aromatic carbocycles. The highest BCUT2D eigenvalue weighted by molar-refractivity contribution is 5.93. The number of hydrogen-bond acceptors (Lipinski definition) is 2. The monoisotopic (exact) mass is 378 g/mol. The molecule has 5 nitrogen and oxygen atoms in total. The standard InChI is InChI=1S/C23H27N3O2/c27-22(24-21-10-9-17-5-4-6-19(17)15-21)16-26-13-11-18(12-14-26)23(28)25-20-7-2-1-3-8-20/h1-3,7-10,15,18H,4-6,11-14,16H2,(H,24,27)(H,25,28)/p+1. The smallest absolute Gasteiger partial charge is 0.279 e. The molecule has 0 unspecified atom stereocenters. The van der Waals surface area contributed by atoms with Crippen molar-refractivity contribution in [2.24, 2.45) is 5.92 Å². The number of quaternary nitrogens is 1. The lowest BCUT2D eigenvalue weighted by molar-refractivity contribution is -0.897. The van der Waals surface area contributed by atoms with Crippen molar-refractivity contribution in [3.63, 3.8) is 0 Å². The summed E-state index contributed by atoms with van der Waals surface area (Å²) in [6.45, 7) is 2.17. The number of benzene rings is 2. The van der Waals surface area contributed by atoms with E-state index in [-0.39, 0.29) is 17.7 Å². The number of nitrogens with one attached hydrogen (secondary N) is 3. The molecule has 0 saturated carbocycles. The number of hydrogen-bond donors (Lipinski definition) is 3. The Morgan fingerprint density at radius 2 is 1.64 bits per heavy atom. The molecule has 0 atom stereocenters. The van der Waals surface area contributed by atoms with Crippen molar-refractivity contribution in [2.45, 2.75) is 32.1 Å². The lowest BCUT2D eigenvalue weighted by Gasteiger charge is -2.28. The number of aryl methyl sites for hydroxylation is 2. The summed E-state index contributed by atoms with van der Waals surface area (Å²) in [5.41, 5.74) is 4.54. The fraction of sp³-hybridized carbons (Fsp3) is 0.391. The van der Waals surface area contributed by atoms with Gasteiger partial charge in [-0.3, -0.25) is 9.59 Å². The van der Waals surface area contributed by atoms with Gasteiger partial charge in [-0.15, -0.1) is 0 Å². The predicted molar refractivity (Wildman–Crippen MR) is 110 cm³/mol. The highest BCUT2D eigenvalue weighted by Crippen LogP contribution is 2.24. The Bertz CT molecular complexity index is 842. The topological polar surface area (TPSA) is 62.6 Å². The zero-order valence-corrected chi connectivity index (χ0v) is 16.2. The first-order valence-electron chi connectivity index (χ1n) is 10.3. The van der Waals surface area contributed by atoms with Gasteiger partial charge < -0.3 is 15.5 Å². The number of anilines is 2. The van der Waals surface area contributed by atoms with Crippen LogP contribution in [0, 0.1) is 5.92 Å². The number of carbonyl (C=O) groups excluding carboxylic acids is 2. The molecular formula is C23H28N3O2+. The van der Waals surface area contributed by atoms with Gasteiger partial charge in [-0.25, -0.2) is 0 Å². The molecular weight excluding hydrogens is 350 g/mol. The number of rotatable bonds is 5. The lowest BCUT2D eigenvalue weighted by atomic mass is 9.96. The maximum atomic E-state index is 12.4. The summed E-state index contributed by atoms with van der Waals surface area (Å²) in [7, 11) is 0. The van der Waals surface area contributed by atoms with Gasteiger partial charge in [-0.05, 0) is 54.7 Å². The first-order valence-corrected chi connectivity index (χ1v) is 10.3. The molecule has 28 heavy (non-hydrogen) atoms. The Morgan fingerprint density at radius 3 is 2.43 bits per heavy atom. The van der Waals surface area contributed by atoms with E-state index >= 15 is 0 Å². The maximum absolute atomic E-state index is 12.4. The van der Waals surface area contributed by atoms with E-state index in [0.717, 1.165) is 50.1 Å². The van der Waals surface area contributed by atoms with Crippen LogP contribution in [0.25, 0.3) is 0 Å². The van der Waals surface area contributed by atoms with E-state index in [1.807, 2.05) is 36.4 Å². The van der Waals surface area contributed by atoms with Crippen LogP contribution in [0.3, 0.4) is 0 Å². The summed E-state index contributed by atoms with van der Waals surface area (Å²) in [6.07, 6.45) is 5.12. The Balaban J connectivity index is 1.23. The van der Waals surface area contributed by atoms with Crippen molar-refractivity contribution in [1.82, 2.24) is 0 Å². The number of amides is 2. The number of carbonyl (C=O) groups is 2. The van der Waals surface area contributed by atoms with Gasteiger partial charge in [-0.1, -0.05) is 24.3 Å². The van der Waals surface area contributed by atoms with Crippen LogP contribution in [0.15, 0.2) is 48.5 Å². The number of para-hydroxylation sites is 1. The van der Waals surface area contributed by atoms with Crippen LogP contribution in [-0.2, 0) is 22.4 Å². The Labute approximate surface area is 166 Å². The highest BCUT2D eigenvalue weighted by Gasteiger charge is 2.28. The molecule has 1 heterocycles. The van der Waals surface area contributed by atoms with Gasteiger partial charge in [0.15, 0.2) is 6.54 Å². The summed E-state index contributed by atoms with van der Waals surface area (Å²) >= 11 is 0. The van der Waals surface area contributed by atoms with Crippen LogP contribution in [-0.4, -0.2) is 31.4 Å². The van der Waals surface area contributed by atoms with Gasteiger partial charge >= 0.3 is 0 Å². The third-order valence-electron chi connectivity index (χ3n) is 5.90. The van der Waals surface area contributed by atoms with Crippen LogP contribution in [0.5, 0.6) is 0 Å². The van der Waals surface area contributed by atoms with Crippen LogP contribution >= 0.6 is 0 Å². The van der Waals surface area contributed by atoms with Crippen molar-refractivity contribution in [3.05, 3.63) is 59.7 Å². The molecule has 146 valence electrons. The van der Waals surface area contributed by atoms with E-state index in [4.69, 9.17) is 0 Å². The molecule has 1 saturated heterocycles. The van der Waals surface area contributed by atoms with E-state index in [1.165, 1.54) is 22.4 Å². The van der Waals surface area contributed by atoms with E-state index < -0.39 is 0 Å². The Morgan fingerprint density at radius 1 is 0.893 bits per heavy atom. The second-order valence-corrected chi connectivity index (χ2v) is 7.94. The van der Waals surface area contributed by atoms with Gasteiger partial charge in [0.25, 0.3) is 5.91 Å². The first kappa shape index (κ1) is 18.7. The molecule has 2 aromatic rings. The van der Waals surface area contributed by atoms with Crippen LogP contribution in [0.4, 0.5) is 11.4 Å². The van der Waals surface area contributed by atoms with Gasteiger partial charge in [0.1, 0.15) is 0 Å². The average molecular weight is 378 g/mol. The maximum Gasteiger partial charge on any atom is 0.279 e. The molecule has 3 N–H and O–H groups in total. The van der Waals surface area contributed by atoms with Crippen molar-refractivity contribution in [3.8, 4) is 0 Å². The molecule has 2 aliphatic rings. The van der Waals surface area contributed by atoms with Crippen LogP contribution in [0.2, 0.25) is 0 Å². The number of piperidine rings is 1. The summed E-state index contributed by atoms with van der Waals surface area (Å²) in [5, 5.41) is 6.04. The fourth-order valence-electron chi connectivity index (χ4n) is 4.31. The number of fused-ring (bicyclic) bond motifs is 1. The van der Waals surface area contributed by atoms with Crippen LogP contribution in [0.1, 0.15) is 30.4 Å². The molecule has 0 spiro atoms. The van der Waals surface area contributed by atoms with E-state index in [9.17, 15) is 9.59 Å². The Hall–Kier alpha value is -2.66. The SMILES string of the molecule is O=C(C[NH+]1CCC(C(=O)Nc2ccccc2)CC1)Nc1ccc2c(c1)CCC2. The second kappa shape index (κ2) is 8.57. The summed E-state index contributed by atoms with van der Waals surface area (Å²) < 4.78 is 0. The van der Waals surface area contributed by atoms with Gasteiger partial charge in [-0.2, -0.15) is 0 Å². The minimum atomic E-state index is 0.0312. The fourth-order valence-corrected chi connectivity index (χ4v) is 4.31. The van der Waals surface area contributed by atoms with Gasteiger partial charge in [0.05, 0.1) is 13.1 Å². The van der Waals surface area contributed by atoms with Crippen molar-refractivity contribution in [1.29, 1.82) is 0 Å². The molecule has 1 fully saturated rings. The van der Waals surface area contributed by atoms with Crippen molar-refractivity contribution >= 4 is 23.2 Å². The minimum Gasteiger partial charge on any atom is -0.327 e. The van der Waals surface area contributed by atoms with E-state index in [0.29, 0.717) is 6.54 Å². The van der Waals surface area contributed by atoms with Gasteiger partial charge in [0.2, 0.25) is 5.91 Å². The zero-order valence-electron chi connectivity index (χ0n) is 16.2. The predicted octanol–water partition coefficient (Wildman–Crippen LogP) is 2.05. The summed E-state index contributed by atoms with van der Waals surface area (Å²) in [5.74, 6) is 0.178. The zero-order chi connectivity index (χ0) is 19.3. The van der Waals surface area contributed by atoms with E-state index in [2.05, 4.69) is 22.8 Å². The lowest BCUT2D eigenvalue weighted by Crippen LogP contribution is -3.14. The normalized spacial score (nSPS) is 21.0. The van der Waals surface area contributed by atoms with Crippen molar-refractivity contribution < 1.29 is 14.5 Å². The molecule has 1 aliphatic heterocycles.